The van der Waals surface area contributed by atoms with Crippen molar-refractivity contribution >= 4 is 38.0 Å². The molecule has 0 bridgehead atoms. The highest BCUT2D eigenvalue weighted by Gasteiger charge is 2.38. The van der Waals surface area contributed by atoms with Crippen molar-refractivity contribution in [1.82, 2.24) is 4.90 Å². The second kappa shape index (κ2) is 10.8. The van der Waals surface area contributed by atoms with Gasteiger partial charge >= 0.3 is 0 Å². The van der Waals surface area contributed by atoms with Crippen LogP contribution in [0.4, 0.5) is 5.69 Å². The van der Waals surface area contributed by atoms with E-state index in [1.807, 2.05) is 0 Å². The third-order valence-electron chi connectivity index (χ3n) is 5.18. The summed E-state index contributed by atoms with van der Waals surface area (Å²) in [5.41, 5.74) is 1.48. The van der Waals surface area contributed by atoms with Gasteiger partial charge in [0.05, 0.1) is 11.3 Å². The van der Waals surface area contributed by atoms with E-state index in [0.717, 1.165) is 19.5 Å². The van der Waals surface area contributed by atoms with E-state index < -0.39 is 20.7 Å². The van der Waals surface area contributed by atoms with Crippen LogP contribution in [-0.2, 0) is 9.22 Å². The number of nitrogens with zero attached hydrogens (tertiary/aromatic N) is 2. The zero-order valence-electron chi connectivity index (χ0n) is 19.8. The van der Waals surface area contributed by atoms with Crippen LogP contribution in [0.25, 0.3) is 0 Å². The second-order valence-corrected chi connectivity index (χ2v) is 12.2. The van der Waals surface area contributed by atoms with E-state index in [1.54, 1.807) is 12.1 Å². The van der Waals surface area contributed by atoms with Crippen molar-refractivity contribution in [3.63, 3.8) is 0 Å². The van der Waals surface area contributed by atoms with Gasteiger partial charge < -0.3 is 14.2 Å². The summed E-state index contributed by atoms with van der Waals surface area (Å²) < 4.78 is 6.12. The van der Waals surface area contributed by atoms with Crippen LogP contribution >= 0.6 is 11.6 Å². The number of benzene rings is 1. The Labute approximate surface area is 193 Å². The minimum atomic E-state index is -1.29. The maximum atomic E-state index is 12.8. The summed E-state index contributed by atoms with van der Waals surface area (Å²) in [5.74, 6) is 5.32. The van der Waals surface area contributed by atoms with Crippen LogP contribution in [-0.4, -0.2) is 57.9 Å². The highest BCUT2D eigenvalue weighted by molar-refractivity contribution is 6.53. The molecule has 0 aromatic heterocycles. The van der Waals surface area contributed by atoms with Crippen molar-refractivity contribution in [2.45, 2.75) is 60.2 Å². The van der Waals surface area contributed by atoms with Crippen LogP contribution < -0.4 is 4.90 Å². The molecule has 1 aromatic rings. The van der Waals surface area contributed by atoms with E-state index in [1.165, 1.54) is 4.90 Å². The highest BCUT2D eigenvalue weighted by atomic mass is 35.5. The van der Waals surface area contributed by atoms with Gasteiger partial charge in [0.15, 0.2) is 9.04 Å². The van der Waals surface area contributed by atoms with Gasteiger partial charge in [-0.15, -0.1) is 0 Å². The number of rotatable bonds is 8. The van der Waals surface area contributed by atoms with Gasteiger partial charge in [-0.2, -0.15) is 0 Å². The minimum Gasteiger partial charge on any atom is -0.407 e. The molecule has 0 saturated carbocycles. The number of fused-ring (bicyclic) bond motifs is 1. The van der Waals surface area contributed by atoms with E-state index in [4.69, 9.17) is 16.0 Å². The van der Waals surface area contributed by atoms with E-state index in [-0.39, 0.29) is 11.5 Å². The van der Waals surface area contributed by atoms with Crippen LogP contribution in [0.15, 0.2) is 12.1 Å². The van der Waals surface area contributed by atoms with Crippen LogP contribution in [0.5, 0.6) is 0 Å². The molecular weight excluding hydrogens is 428 g/mol. The molecule has 2 rings (SSSR count). The first-order chi connectivity index (χ1) is 14.5. The summed E-state index contributed by atoms with van der Waals surface area (Å²) in [4.78, 5) is 29.3. The van der Waals surface area contributed by atoms with Crippen LogP contribution in [0.1, 0.15) is 57.0 Å². The molecule has 1 amide bonds. The fourth-order valence-corrected chi connectivity index (χ4v) is 4.69. The Morgan fingerprint density at radius 3 is 2.39 bits per heavy atom. The summed E-state index contributed by atoms with van der Waals surface area (Å²) >= 11 is 6.36. The normalized spacial score (nSPS) is 14.8. The number of amides is 1. The van der Waals surface area contributed by atoms with Gasteiger partial charge in [0, 0.05) is 23.7 Å². The summed E-state index contributed by atoms with van der Waals surface area (Å²) in [5, 5.41) is 0.463. The summed E-state index contributed by atoms with van der Waals surface area (Å²) in [6, 6.07) is 3.37. The first-order valence-electron chi connectivity index (χ1n) is 11.1. The predicted octanol–water partition coefficient (Wildman–Crippen LogP) is 4.37. The van der Waals surface area contributed by atoms with Crippen LogP contribution in [0, 0.1) is 17.3 Å². The Hall–Kier alpha value is -1.65. The summed E-state index contributed by atoms with van der Waals surface area (Å²) in [6.45, 7) is 17.8. The van der Waals surface area contributed by atoms with Gasteiger partial charge in [0.25, 0.3) is 11.7 Å². The lowest BCUT2D eigenvalue weighted by Gasteiger charge is -2.24. The minimum absolute atomic E-state index is 0.0614. The summed E-state index contributed by atoms with van der Waals surface area (Å²) in [7, 11) is -1.29. The van der Waals surface area contributed by atoms with Gasteiger partial charge in [-0.05, 0) is 50.2 Å². The topological polar surface area (TPSA) is 49.9 Å². The lowest BCUT2D eigenvalue weighted by atomic mass is 9.89. The monoisotopic (exact) mass is 462 g/mol. The fourth-order valence-electron chi connectivity index (χ4n) is 3.66. The largest absolute Gasteiger partial charge is 0.407 e. The number of anilines is 1. The molecule has 1 aromatic carbocycles. The molecule has 0 radical (unpaired) electrons. The maximum Gasteiger partial charge on any atom is 0.299 e. The van der Waals surface area contributed by atoms with Crippen LogP contribution in [0.3, 0.4) is 0 Å². The lowest BCUT2D eigenvalue weighted by Crippen LogP contribution is -2.38. The molecule has 7 heteroatoms. The maximum absolute atomic E-state index is 12.8. The number of halogens is 1. The molecule has 31 heavy (non-hydrogen) atoms. The molecule has 170 valence electrons. The molecule has 0 aliphatic carbocycles. The third-order valence-corrected chi connectivity index (χ3v) is 6.27. The smallest absolute Gasteiger partial charge is 0.299 e. The Morgan fingerprint density at radius 1 is 1.19 bits per heavy atom. The Balaban J connectivity index is 2.40. The van der Waals surface area contributed by atoms with Gasteiger partial charge in [-0.1, -0.05) is 58.1 Å². The number of carbonyl (C=O) groups is 2. The van der Waals surface area contributed by atoms with Crippen LogP contribution in [0.2, 0.25) is 18.1 Å². The number of hydrogen-bond acceptors (Lipinski definition) is 4. The van der Waals surface area contributed by atoms with E-state index in [2.05, 4.69) is 64.5 Å². The highest BCUT2D eigenvalue weighted by Crippen LogP contribution is 2.34. The third kappa shape index (κ3) is 6.91. The van der Waals surface area contributed by atoms with Crippen molar-refractivity contribution in [1.29, 1.82) is 0 Å². The first kappa shape index (κ1) is 25.6. The predicted molar refractivity (Wildman–Crippen MR) is 131 cm³/mol. The molecule has 1 unspecified atom stereocenters. The van der Waals surface area contributed by atoms with Crippen molar-refractivity contribution in [2.75, 3.05) is 31.1 Å². The molecule has 5 nitrogen and oxygen atoms in total. The zero-order chi connectivity index (χ0) is 23.3. The molecule has 0 N–H and O–H groups in total. The Kier molecular flexibility index (Phi) is 8.90. The average Bonchev–Trinajstić information content (AvgIpc) is 2.89. The molecule has 0 fully saturated rings. The standard InChI is InChI=1S/C24H35ClN2O3Si/c1-8-26(9-2)12-13-27-20-15-18(25)14-17(21(20)22(28)23(27)29)10-11-19(30-31(6)7)16-24(3,4)5/h14-15,19,31H,8-9,12-13,16H2,1-7H3. The van der Waals surface area contributed by atoms with Crippen molar-refractivity contribution in [2.24, 2.45) is 5.41 Å². The number of likely N-dealkylation sites (N-methyl/N-ethyl adjacent to an activating group) is 1. The fraction of sp³-hybridized carbons (Fsp3) is 0.583. The van der Waals surface area contributed by atoms with Crippen molar-refractivity contribution in [3.05, 3.63) is 28.3 Å². The van der Waals surface area contributed by atoms with Crippen molar-refractivity contribution < 1.29 is 14.0 Å². The molecule has 0 saturated heterocycles. The SMILES string of the molecule is CCN(CC)CCN1C(=O)C(=O)c2c(C#CC(CC(C)(C)C)O[SiH](C)C)cc(Cl)cc21. The molecular formula is C24H35ClN2O3Si. The van der Waals surface area contributed by atoms with Crippen molar-refractivity contribution in [3.8, 4) is 11.8 Å². The molecule has 1 atom stereocenters. The second-order valence-electron chi connectivity index (χ2n) is 9.37. The summed E-state index contributed by atoms with van der Waals surface area (Å²) in [6.07, 6.45) is 0.573. The van der Waals surface area contributed by atoms with Gasteiger partial charge in [0.1, 0.15) is 6.10 Å². The number of Topliss-reactive ketones (excluding diaryl/α,β-unsaturated/α-hetero) is 1. The number of hydrogen-bond donors (Lipinski definition) is 0. The molecule has 1 aliphatic rings. The van der Waals surface area contributed by atoms with E-state index in [0.29, 0.717) is 34.9 Å². The quantitative estimate of drug-likeness (QED) is 0.327. The average molecular weight is 463 g/mol. The number of carbonyl (C=O) groups excluding carboxylic acids is 2. The zero-order valence-corrected chi connectivity index (χ0v) is 21.8. The molecule has 1 heterocycles. The van der Waals surface area contributed by atoms with Gasteiger partial charge in [0.2, 0.25) is 0 Å². The van der Waals surface area contributed by atoms with Gasteiger partial charge in [-0.25, -0.2) is 0 Å². The number of ketones is 1. The Bertz CT molecular complexity index is 879. The Morgan fingerprint density at radius 2 is 1.84 bits per heavy atom. The molecule has 1 aliphatic heterocycles. The molecule has 0 spiro atoms. The first-order valence-corrected chi connectivity index (χ1v) is 14.2. The lowest BCUT2D eigenvalue weighted by molar-refractivity contribution is -0.114. The van der Waals surface area contributed by atoms with Gasteiger partial charge in [-0.3, -0.25) is 9.59 Å². The van der Waals surface area contributed by atoms with E-state index in [9.17, 15) is 9.59 Å². The van der Waals surface area contributed by atoms with E-state index >= 15 is 0 Å².